The normalized spacial score (nSPS) is 10.8. The Labute approximate surface area is 112 Å². The summed E-state index contributed by atoms with van der Waals surface area (Å²) in [5, 5.41) is 7.67. The molecule has 3 aromatic rings. The van der Waals surface area contributed by atoms with Crippen LogP contribution in [-0.4, -0.2) is 30.5 Å². The number of amides is 1. The predicted octanol–water partition coefficient (Wildman–Crippen LogP) is 1.45. The molecule has 0 fully saturated rings. The number of nitrogens with zero attached hydrogens (tertiary/aromatic N) is 5. The van der Waals surface area contributed by atoms with Gasteiger partial charge in [-0.3, -0.25) is 4.79 Å². The number of carbonyl (C=O) groups excluding carboxylic acids is 1. The molecule has 0 aliphatic rings. The van der Waals surface area contributed by atoms with E-state index in [0.29, 0.717) is 16.5 Å². The van der Waals surface area contributed by atoms with Gasteiger partial charge in [-0.05, 0) is 19.9 Å². The van der Waals surface area contributed by atoms with E-state index in [2.05, 4.69) is 25.4 Å². The third-order valence-electron chi connectivity index (χ3n) is 2.53. The van der Waals surface area contributed by atoms with Crippen molar-refractivity contribution in [1.82, 2.24) is 24.6 Å². The summed E-state index contributed by atoms with van der Waals surface area (Å²) in [6, 6.07) is 1.67. The van der Waals surface area contributed by atoms with Gasteiger partial charge in [0.2, 0.25) is 0 Å². The van der Waals surface area contributed by atoms with Crippen LogP contribution in [0.3, 0.4) is 0 Å². The fourth-order valence-electron chi connectivity index (χ4n) is 1.75. The first-order valence-electron chi connectivity index (χ1n) is 5.55. The minimum absolute atomic E-state index is 0.203. The average Bonchev–Trinajstić information content (AvgIpc) is 2.96. The summed E-state index contributed by atoms with van der Waals surface area (Å²) < 4.78 is 1.47. The van der Waals surface area contributed by atoms with E-state index >= 15 is 0 Å². The Morgan fingerprint density at radius 3 is 2.95 bits per heavy atom. The van der Waals surface area contributed by atoms with E-state index in [9.17, 15) is 4.79 Å². The summed E-state index contributed by atoms with van der Waals surface area (Å²) >= 11 is 1.37. The molecule has 96 valence electrons. The van der Waals surface area contributed by atoms with Crippen molar-refractivity contribution in [1.29, 1.82) is 0 Å². The first kappa shape index (κ1) is 11.7. The monoisotopic (exact) mass is 274 g/mol. The molecule has 0 aliphatic carbocycles. The molecule has 7 nitrogen and oxygen atoms in total. The molecule has 19 heavy (non-hydrogen) atoms. The Morgan fingerprint density at radius 2 is 2.21 bits per heavy atom. The largest absolute Gasteiger partial charge is 0.306 e. The van der Waals surface area contributed by atoms with Crippen LogP contribution >= 0.6 is 11.3 Å². The summed E-state index contributed by atoms with van der Waals surface area (Å²) in [6.07, 6.45) is 2.96. The standard InChI is InChI=1S/C11H10N6OS/c1-6-9(19-7(2)15-6)10(18)16-8-3-4-12-11-13-5-14-17(8)11/h3-5H,1-2H3,(H,16,18). The fraction of sp³-hybridized carbons (Fsp3) is 0.182. The van der Waals surface area contributed by atoms with Crippen molar-refractivity contribution < 1.29 is 4.79 Å². The summed E-state index contributed by atoms with van der Waals surface area (Å²) in [6.45, 7) is 3.69. The lowest BCUT2D eigenvalue weighted by molar-refractivity contribution is 0.102. The molecule has 3 heterocycles. The van der Waals surface area contributed by atoms with Crippen LogP contribution in [0, 0.1) is 13.8 Å². The number of thiazole rings is 1. The zero-order valence-electron chi connectivity index (χ0n) is 10.3. The molecule has 3 aromatic heterocycles. The van der Waals surface area contributed by atoms with Gasteiger partial charge in [-0.2, -0.15) is 14.6 Å². The minimum atomic E-state index is -0.203. The summed E-state index contributed by atoms with van der Waals surface area (Å²) in [5.41, 5.74) is 0.726. The Morgan fingerprint density at radius 1 is 1.37 bits per heavy atom. The lowest BCUT2D eigenvalue weighted by Gasteiger charge is -2.04. The number of anilines is 1. The zero-order valence-corrected chi connectivity index (χ0v) is 11.1. The van der Waals surface area contributed by atoms with Crippen LogP contribution in [0.2, 0.25) is 0 Å². The molecule has 0 saturated heterocycles. The van der Waals surface area contributed by atoms with E-state index in [1.54, 1.807) is 12.3 Å². The fourth-order valence-corrected chi connectivity index (χ4v) is 2.56. The van der Waals surface area contributed by atoms with Gasteiger partial charge >= 0.3 is 0 Å². The van der Waals surface area contributed by atoms with Gasteiger partial charge in [0.25, 0.3) is 11.7 Å². The Kier molecular flexibility index (Phi) is 2.71. The van der Waals surface area contributed by atoms with E-state index in [4.69, 9.17) is 0 Å². The number of carbonyl (C=O) groups is 1. The first-order valence-corrected chi connectivity index (χ1v) is 6.37. The first-order chi connectivity index (χ1) is 9.15. The number of rotatable bonds is 2. The van der Waals surface area contributed by atoms with Crippen LogP contribution < -0.4 is 5.32 Å². The van der Waals surface area contributed by atoms with E-state index < -0.39 is 0 Å². The topological polar surface area (TPSA) is 85.1 Å². The third-order valence-corrected chi connectivity index (χ3v) is 3.60. The van der Waals surface area contributed by atoms with Gasteiger partial charge in [-0.1, -0.05) is 0 Å². The molecule has 0 spiro atoms. The van der Waals surface area contributed by atoms with Gasteiger partial charge in [0.15, 0.2) is 0 Å². The Bertz CT molecular complexity index is 761. The van der Waals surface area contributed by atoms with Crippen molar-refractivity contribution in [2.45, 2.75) is 13.8 Å². The molecule has 1 N–H and O–H groups in total. The Balaban J connectivity index is 1.95. The molecule has 3 rings (SSSR count). The predicted molar refractivity (Wildman–Crippen MR) is 70.3 cm³/mol. The highest BCUT2D eigenvalue weighted by Crippen LogP contribution is 2.18. The van der Waals surface area contributed by atoms with Crippen molar-refractivity contribution in [2.75, 3.05) is 5.32 Å². The maximum atomic E-state index is 12.2. The van der Waals surface area contributed by atoms with Gasteiger partial charge in [-0.25, -0.2) is 9.97 Å². The van der Waals surface area contributed by atoms with Crippen molar-refractivity contribution in [3.8, 4) is 0 Å². The second-order valence-electron chi connectivity index (χ2n) is 3.90. The average molecular weight is 274 g/mol. The molecule has 0 atom stereocenters. The lowest BCUT2D eigenvalue weighted by atomic mass is 10.3. The number of hydrogen-bond acceptors (Lipinski definition) is 6. The van der Waals surface area contributed by atoms with Gasteiger partial charge in [0.1, 0.15) is 17.0 Å². The van der Waals surface area contributed by atoms with Crippen molar-refractivity contribution in [3.05, 3.63) is 34.2 Å². The van der Waals surface area contributed by atoms with Gasteiger partial charge in [-0.15, -0.1) is 11.3 Å². The molecule has 0 unspecified atom stereocenters. The highest BCUT2D eigenvalue weighted by atomic mass is 32.1. The molecular weight excluding hydrogens is 264 g/mol. The molecule has 0 aliphatic heterocycles. The molecule has 0 radical (unpaired) electrons. The van der Waals surface area contributed by atoms with Gasteiger partial charge < -0.3 is 5.32 Å². The number of aromatic nitrogens is 5. The SMILES string of the molecule is Cc1nc(C)c(C(=O)Nc2ccnc3ncnn23)s1. The summed E-state index contributed by atoms with van der Waals surface area (Å²) in [4.78, 5) is 25.0. The lowest BCUT2D eigenvalue weighted by Crippen LogP contribution is -2.14. The highest BCUT2D eigenvalue weighted by molar-refractivity contribution is 7.13. The van der Waals surface area contributed by atoms with Crippen LogP contribution in [0.5, 0.6) is 0 Å². The van der Waals surface area contributed by atoms with Crippen LogP contribution in [-0.2, 0) is 0 Å². The highest BCUT2D eigenvalue weighted by Gasteiger charge is 2.15. The smallest absolute Gasteiger partial charge is 0.268 e. The minimum Gasteiger partial charge on any atom is -0.306 e. The summed E-state index contributed by atoms with van der Waals surface area (Å²) in [5.74, 6) is 0.763. The molecule has 1 amide bonds. The molecule has 8 heteroatoms. The third kappa shape index (κ3) is 2.06. The van der Waals surface area contributed by atoms with Crippen molar-refractivity contribution in [3.63, 3.8) is 0 Å². The summed E-state index contributed by atoms with van der Waals surface area (Å²) in [7, 11) is 0. The maximum absolute atomic E-state index is 12.2. The van der Waals surface area contributed by atoms with E-state index in [1.165, 1.54) is 22.2 Å². The second-order valence-corrected chi connectivity index (χ2v) is 5.11. The molecule has 0 saturated carbocycles. The van der Waals surface area contributed by atoms with Crippen LogP contribution in [0.4, 0.5) is 5.82 Å². The van der Waals surface area contributed by atoms with Gasteiger partial charge in [0.05, 0.1) is 10.7 Å². The maximum Gasteiger partial charge on any atom is 0.268 e. The van der Waals surface area contributed by atoms with Crippen molar-refractivity contribution in [2.24, 2.45) is 0 Å². The van der Waals surface area contributed by atoms with Crippen LogP contribution in [0.15, 0.2) is 18.6 Å². The number of fused-ring (bicyclic) bond motifs is 1. The Hall–Kier alpha value is -2.35. The number of nitrogens with one attached hydrogen (secondary N) is 1. The number of aryl methyl sites for hydroxylation is 2. The quantitative estimate of drug-likeness (QED) is 0.764. The van der Waals surface area contributed by atoms with E-state index in [0.717, 1.165) is 10.7 Å². The van der Waals surface area contributed by atoms with E-state index in [-0.39, 0.29) is 5.91 Å². The van der Waals surface area contributed by atoms with Crippen molar-refractivity contribution >= 4 is 28.8 Å². The van der Waals surface area contributed by atoms with Crippen LogP contribution in [0.1, 0.15) is 20.4 Å². The molecule has 0 aromatic carbocycles. The van der Waals surface area contributed by atoms with Gasteiger partial charge in [0, 0.05) is 6.20 Å². The van der Waals surface area contributed by atoms with Crippen LogP contribution in [0.25, 0.3) is 5.78 Å². The van der Waals surface area contributed by atoms with E-state index in [1.807, 2.05) is 13.8 Å². The molecule has 0 bridgehead atoms. The zero-order chi connectivity index (χ0) is 13.4. The molecular formula is C11H10N6OS. The second kappa shape index (κ2) is 4.39. The number of hydrogen-bond donors (Lipinski definition) is 1.